The molecule has 0 spiro atoms. The molecule has 1 aliphatic carbocycles. The van der Waals surface area contributed by atoms with E-state index in [0.717, 1.165) is 60.8 Å². The van der Waals surface area contributed by atoms with Crippen LogP contribution >= 0.6 is 0 Å². The van der Waals surface area contributed by atoms with Crippen LogP contribution in [0.3, 0.4) is 0 Å². The molecule has 17 nitrogen and oxygen atoms in total. The summed E-state index contributed by atoms with van der Waals surface area (Å²) in [7, 11) is 1.87. The third kappa shape index (κ3) is 15.1. The van der Waals surface area contributed by atoms with Crippen LogP contribution in [0.4, 0.5) is 0 Å². The quantitative estimate of drug-likeness (QED) is 0.0536. The van der Waals surface area contributed by atoms with Gasteiger partial charge in [0.2, 0.25) is 24.1 Å². The highest BCUT2D eigenvalue weighted by molar-refractivity contribution is 6.07. The standard InChI is InChI=1S/C24H38N4O6.C16H18N2O4.C2H6.H2O/c1-3-5-20(17-34-27-18-29)28-16-22-19(6-4-7-21(22)24(28)31)8-9-23(30)26-11-13-33-15-14-32-12-10-25-2;19-8-2-4-10-3-1-5-11-12(10)9-18(16(11)22)13-6-7-14(20)17-15(13)21;1-2;/h4,6-7,18,20,25H,3,5,8-17H2,1-2H3,(H,26,30)(H,27,29);5,8,13H,1-4,6-7,9H2,(H,17,20,21);1-2H3;1H2. The van der Waals surface area contributed by atoms with Gasteiger partial charge in [0.05, 0.1) is 39.1 Å². The second-order valence-corrected chi connectivity index (χ2v) is 13.9. The number of ether oxygens (including phenoxy) is 2. The summed E-state index contributed by atoms with van der Waals surface area (Å²) in [5, 5.41) is 8.17. The van der Waals surface area contributed by atoms with Crippen molar-refractivity contribution >= 4 is 42.2 Å². The van der Waals surface area contributed by atoms with Gasteiger partial charge < -0.3 is 40.2 Å². The third-order valence-electron chi connectivity index (χ3n) is 10.1. The lowest BCUT2D eigenvalue weighted by atomic mass is 9.90. The Morgan fingerprint density at radius 1 is 0.983 bits per heavy atom. The lowest BCUT2D eigenvalue weighted by Crippen LogP contribution is -2.52. The lowest BCUT2D eigenvalue weighted by Gasteiger charge is -2.29. The summed E-state index contributed by atoms with van der Waals surface area (Å²) in [5.41, 5.74) is 7.64. The predicted octanol–water partition coefficient (Wildman–Crippen LogP) is 1.62. The molecule has 1 aromatic rings. The van der Waals surface area contributed by atoms with Crippen molar-refractivity contribution in [2.24, 2.45) is 0 Å². The molecule has 0 aromatic heterocycles. The number of imide groups is 1. The Morgan fingerprint density at radius 3 is 2.41 bits per heavy atom. The molecule has 2 unspecified atom stereocenters. The van der Waals surface area contributed by atoms with Crippen LogP contribution in [0.15, 0.2) is 41.0 Å². The molecule has 3 heterocycles. The number of amides is 6. The number of rotatable bonds is 23. The van der Waals surface area contributed by atoms with Gasteiger partial charge in [0.15, 0.2) is 0 Å². The molecule has 3 aliphatic heterocycles. The number of benzene rings is 1. The van der Waals surface area contributed by atoms with Gasteiger partial charge in [-0.3, -0.25) is 38.9 Å². The molecule has 4 aliphatic rings. The average Bonchev–Trinajstić information content (AvgIpc) is 3.75. The number of likely N-dealkylation sites (tertiary alicyclic amines) is 1. The maximum absolute atomic E-state index is 13.0. The summed E-state index contributed by atoms with van der Waals surface area (Å²) >= 11 is 0. The largest absolute Gasteiger partial charge is 0.412 e. The first-order valence-electron chi connectivity index (χ1n) is 20.5. The highest BCUT2D eigenvalue weighted by Crippen LogP contribution is 2.36. The van der Waals surface area contributed by atoms with Crippen LogP contribution in [0, 0.1) is 0 Å². The zero-order valence-electron chi connectivity index (χ0n) is 35.0. The van der Waals surface area contributed by atoms with Gasteiger partial charge >= 0.3 is 0 Å². The summed E-state index contributed by atoms with van der Waals surface area (Å²) in [4.78, 5) is 90.7. The van der Waals surface area contributed by atoms with Crippen LogP contribution in [-0.4, -0.2) is 129 Å². The molecule has 6 N–H and O–H groups in total. The van der Waals surface area contributed by atoms with E-state index in [0.29, 0.717) is 95.7 Å². The number of likely N-dealkylation sites (N-methyl/N-ethyl adjacent to an activating group) is 1. The lowest BCUT2D eigenvalue weighted by molar-refractivity contribution is -0.142. The van der Waals surface area contributed by atoms with E-state index in [4.69, 9.17) is 14.3 Å². The molecule has 0 bridgehead atoms. The molecule has 2 atom stereocenters. The number of hydrogen-bond donors (Lipinski definition) is 4. The van der Waals surface area contributed by atoms with Gasteiger partial charge in [-0.1, -0.05) is 51.0 Å². The number of nitrogens with one attached hydrogen (secondary N) is 4. The Balaban J connectivity index is 0.000000413. The summed E-state index contributed by atoms with van der Waals surface area (Å²) in [6.07, 6.45) is 9.25. The second kappa shape index (κ2) is 27.8. The number of fused-ring (bicyclic) bond motifs is 2. The second-order valence-electron chi connectivity index (χ2n) is 13.9. The molecular weight excluding hydrogens is 764 g/mol. The van der Waals surface area contributed by atoms with E-state index in [9.17, 15) is 33.6 Å². The Labute approximate surface area is 347 Å². The number of piperidine rings is 1. The molecule has 0 radical (unpaired) electrons. The Kier molecular flexibility index (Phi) is 23.7. The SMILES string of the molecule is CC.CCCC(CONC=O)N1Cc2c(CCC(=O)NCCOCCOCCNC)cccc2C1=O.O.O=CCCC1=C2CN(C3CCC(=O)NC3=O)C(=O)C2=CCC1. The van der Waals surface area contributed by atoms with Gasteiger partial charge in [-0.05, 0) is 68.3 Å². The zero-order chi connectivity index (χ0) is 42.3. The first kappa shape index (κ1) is 50.3. The number of aryl methyl sites for hydroxylation is 1. The molecule has 2 saturated heterocycles. The number of hydrogen-bond acceptors (Lipinski definition) is 11. The number of hydroxylamine groups is 1. The van der Waals surface area contributed by atoms with Gasteiger partial charge in [0.1, 0.15) is 12.3 Å². The Hall–Kier alpha value is -4.81. The third-order valence-corrected chi connectivity index (χ3v) is 10.1. The van der Waals surface area contributed by atoms with Crippen molar-refractivity contribution in [2.45, 2.75) is 104 Å². The van der Waals surface area contributed by atoms with Crippen molar-refractivity contribution in [1.82, 2.24) is 31.2 Å². The normalized spacial score (nSPS) is 17.3. The zero-order valence-corrected chi connectivity index (χ0v) is 35.0. The smallest absolute Gasteiger partial charge is 0.254 e. The van der Waals surface area contributed by atoms with E-state index in [1.165, 1.54) is 0 Å². The monoisotopic (exact) mass is 828 g/mol. The summed E-state index contributed by atoms with van der Waals surface area (Å²) in [5.74, 6) is -0.895. The molecule has 59 heavy (non-hydrogen) atoms. The van der Waals surface area contributed by atoms with Gasteiger partial charge in [-0.25, -0.2) is 5.48 Å². The number of nitrogens with zero attached hydrogens (tertiary/aromatic N) is 2. The van der Waals surface area contributed by atoms with Gasteiger partial charge in [0, 0.05) is 56.6 Å². The van der Waals surface area contributed by atoms with Gasteiger partial charge in [-0.15, -0.1) is 0 Å². The van der Waals surface area contributed by atoms with E-state index in [1.54, 1.807) is 9.80 Å². The van der Waals surface area contributed by atoms with Crippen LogP contribution in [0.25, 0.3) is 0 Å². The highest BCUT2D eigenvalue weighted by atomic mass is 16.6. The summed E-state index contributed by atoms with van der Waals surface area (Å²) in [6, 6.07) is 4.95. The van der Waals surface area contributed by atoms with Crippen LogP contribution in [0.1, 0.15) is 100 Å². The highest BCUT2D eigenvalue weighted by Gasteiger charge is 2.42. The molecule has 0 saturated carbocycles. The minimum atomic E-state index is -0.573. The molecule has 328 valence electrons. The first-order chi connectivity index (χ1) is 28.2. The predicted molar refractivity (Wildman–Crippen MR) is 220 cm³/mol. The fourth-order valence-electron chi connectivity index (χ4n) is 7.29. The fourth-order valence-corrected chi connectivity index (χ4v) is 7.29. The van der Waals surface area contributed by atoms with Crippen molar-refractivity contribution < 1.29 is 53.3 Å². The molecule has 1 aromatic carbocycles. The average molecular weight is 829 g/mol. The van der Waals surface area contributed by atoms with Crippen LogP contribution in [0.2, 0.25) is 0 Å². The molecular formula is C42H64N6O11. The van der Waals surface area contributed by atoms with Crippen molar-refractivity contribution in [2.75, 3.05) is 59.7 Å². The molecule has 2 fully saturated rings. The van der Waals surface area contributed by atoms with Crippen molar-refractivity contribution in [3.63, 3.8) is 0 Å². The number of allylic oxidation sites excluding steroid dienone is 2. The molecule has 5 rings (SSSR count). The Bertz CT molecular complexity index is 1630. The number of carbonyl (C=O) groups is 7. The van der Waals surface area contributed by atoms with Gasteiger partial charge in [0.25, 0.3) is 11.8 Å². The van der Waals surface area contributed by atoms with E-state index in [2.05, 4.69) is 21.4 Å². The molecule has 17 heteroatoms. The Morgan fingerprint density at radius 2 is 1.73 bits per heavy atom. The van der Waals surface area contributed by atoms with E-state index in [1.807, 2.05) is 52.1 Å². The minimum absolute atomic E-state index is 0. The summed E-state index contributed by atoms with van der Waals surface area (Å²) < 4.78 is 10.8. The first-order valence-corrected chi connectivity index (χ1v) is 20.5. The topological polar surface area (TPSA) is 233 Å². The van der Waals surface area contributed by atoms with E-state index < -0.39 is 6.04 Å². The fraction of sp³-hybridized carbons (Fsp3) is 0.595. The van der Waals surface area contributed by atoms with Crippen LogP contribution < -0.4 is 21.4 Å². The van der Waals surface area contributed by atoms with Crippen molar-refractivity contribution in [1.29, 1.82) is 0 Å². The van der Waals surface area contributed by atoms with E-state index >= 15 is 0 Å². The van der Waals surface area contributed by atoms with Crippen molar-refractivity contribution in [3.05, 3.63) is 57.7 Å². The number of carbonyl (C=O) groups excluding carboxylic acids is 7. The van der Waals surface area contributed by atoms with Crippen LogP contribution in [-0.2, 0) is 56.0 Å². The number of aldehydes is 1. The van der Waals surface area contributed by atoms with Crippen LogP contribution in [0.5, 0.6) is 0 Å². The van der Waals surface area contributed by atoms with Gasteiger partial charge in [-0.2, -0.15) is 0 Å². The maximum Gasteiger partial charge on any atom is 0.254 e. The molecule has 6 amide bonds. The van der Waals surface area contributed by atoms with E-state index in [-0.39, 0.29) is 54.1 Å². The maximum atomic E-state index is 13.0. The summed E-state index contributed by atoms with van der Waals surface area (Å²) in [6.45, 7) is 10.5. The van der Waals surface area contributed by atoms with Crippen molar-refractivity contribution in [3.8, 4) is 0 Å². The minimum Gasteiger partial charge on any atom is -0.412 e.